The van der Waals surface area contributed by atoms with Crippen molar-refractivity contribution in [1.29, 1.82) is 0 Å². The van der Waals surface area contributed by atoms with E-state index in [1.54, 1.807) is 49.6 Å². The highest BCUT2D eigenvalue weighted by Gasteiger charge is 2.07. The molecule has 5 heteroatoms. The van der Waals surface area contributed by atoms with E-state index in [1.807, 2.05) is 19.9 Å². The van der Waals surface area contributed by atoms with Gasteiger partial charge in [-0.25, -0.2) is 4.79 Å². The average Bonchev–Trinajstić information content (AvgIpc) is 2.60. The van der Waals surface area contributed by atoms with Crippen molar-refractivity contribution in [1.82, 2.24) is 0 Å². The van der Waals surface area contributed by atoms with E-state index in [0.717, 1.165) is 5.56 Å². The summed E-state index contributed by atoms with van der Waals surface area (Å²) in [6, 6.07) is 11.8. The maximum atomic E-state index is 11.9. The molecule has 0 N–H and O–H groups in total. The van der Waals surface area contributed by atoms with Crippen LogP contribution < -0.4 is 14.2 Å². The fourth-order valence-electron chi connectivity index (χ4n) is 2.21. The zero-order chi connectivity index (χ0) is 19.1. The van der Waals surface area contributed by atoms with Crippen LogP contribution in [0.5, 0.6) is 17.2 Å². The van der Waals surface area contributed by atoms with Crippen LogP contribution in [0.15, 0.2) is 48.5 Å². The number of rotatable bonds is 7. The second-order valence-electron chi connectivity index (χ2n) is 5.91. The first-order chi connectivity index (χ1) is 12.4. The van der Waals surface area contributed by atoms with Crippen molar-refractivity contribution in [2.24, 2.45) is 0 Å². The van der Waals surface area contributed by atoms with Gasteiger partial charge in [-0.3, -0.25) is 4.79 Å². The van der Waals surface area contributed by atoms with Gasteiger partial charge in [0.1, 0.15) is 5.75 Å². The van der Waals surface area contributed by atoms with E-state index in [9.17, 15) is 9.59 Å². The van der Waals surface area contributed by atoms with E-state index in [4.69, 9.17) is 14.2 Å². The lowest BCUT2D eigenvalue weighted by Crippen LogP contribution is -2.06. The molecule has 0 aliphatic rings. The standard InChI is InChI=1S/C21H22O5/c1-14(2)25-19-11-5-16(13-20(19)24-4)6-12-21(23)26-18-9-7-17(8-10-18)15(3)22/h5-14H,1-4H3/b12-6+. The first-order valence-corrected chi connectivity index (χ1v) is 8.24. The Kier molecular flexibility index (Phi) is 6.55. The van der Waals surface area contributed by atoms with Gasteiger partial charge in [-0.1, -0.05) is 6.07 Å². The third-order valence-corrected chi connectivity index (χ3v) is 3.44. The van der Waals surface area contributed by atoms with Crippen molar-refractivity contribution >= 4 is 17.8 Å². The fraction of sp³-hybridized carbons (Fsp3) is 0.238. The number of methoxy groups -OCH3 is 1. The Hall–Kier alpha value is -3.08. The highest BCUT2D eigenvalue weighted by molar-refractivity contribution is 5.94. The summed E-state index contributed by atoms with van der Waals surface area (Å²) in [7, 11) is 1.56. The highest BCUT2D eigenvalue weighted by atomic mass is 16.5. The zero-order valence-electron chi connectivity index (χ0n) is 15.3. The van der Waals surface area contributed by atoms with Gasteiger partial charge in [0.25, 0.3) is 0 Å². The molecule has 0 radical (unpaired) electrons. The molecular formula is C21H22O5. The summed E-state index contributed by atoms with van der Waals surface area (Å²) in [5.74, 6) is 1.06. The van der Waals surface area contributed by atoms with Crippen molar-refractivity contribution < 1.29 is 23.8 Å². The van der Waals surface area contributed by atoms with E-state index in [-0.39, 0.29) is 11.9 Å². The maximum Gasteiger partial charge on any atom is 0.336 e. The number of carbonyl (C=O) groups excluding carboxylic acids is 2. The summed E-state index contributed by atoms with van der Waals surface area (Å²) in [6.07, 6.45) is 3.00. The van der Waals surface area contributed by atoms with Crippen LogP contribution in [0.1, 0.15) is 36.7 Å². The summed E-state index contributed by atoms with van der Waals surface area (Å²) in [5.41, 5.74) is 1.35. The van der Waals surface area contributed by atoms with Crippen molar-refractivity contribution in [3.63, 3.8) is 0 Å². The summed E-state index contributed by atoms with van der Waals surface area (Å²) in [4.78, 5) is 23.2. The number of esters is 1. The maximum absolute atomic E-state index is 11.9. The first-order valence-electron chi connectivity index (χ1n) is 8.24. The Labute approximate surface area is 153 Å². The van der Waals surface area contributed by atoms with E-state index in [1.165, 1.54) is 13.0 Å². The molecule has 5 nitrogen and oxygen atoms in total. The molecule has 26 heavy (non-hydrogen) atoms. The topological polar surface area (TPSA) is 61.8 Å². The van der Waals surface area contributed by atoms with Crippen LogP contribution in [-0.4, -0.2) is 25.0 Å². The van der Waals surface area contributed by atoms with Gasteiger partial charge in [-0.05, 0) is 68.8 Å². The molecule has 0 heterocycles. The Bertz CT molecular complexity index is 804. The SMILES string of the molecule is COc1cc(/C=C/C(=O)Oc2ccc(C(C)=O)cc2)ccc1OC(C)C. The number of carbonyl (C=O) groups is 2. The van der Waals surface area contributed by atoms with E-state index < -0.39 is 5.97 Å². The molecule has 0 aromatic heterocycles. The number of Topliss-reactive ketones (excluding diaryl/α,β-unsaturated/α-hetero) is 1. The number of hydrogen-bond donors (Lipinski definition) is 0. The molecule has 0 amide bonds. The quantitative estimate of drug-likeness (QED) is 0.321. The second-order valence-corrected chi connectivity index (χ2v) is 5.91. The molecule has 0 bridgehead atoms. The largest absolute Gasteiger partial charge is 0.493 e. The number of benzene rings is 2. The third-order valence-electron chi connectivity index (χ3n) is 3.44. The predicted octanol–water partition coefficient (Wildman–Crippen LogP) is 4.30. The molecule has 0 saturated heterocycles. The van der Waals surface area contributed by atoms with E-state index in [2.05, 4.69) is 0 Å². The van der Waals surface area contributed by atoms with Gasteiger partial charge in [0, 0.05) is 11.6 Å². The summed E-state index contributed by atoms with van der Waals surface area (Å²) >= 11 is 0. The van der Waals surface area contributed by atoms with Crippen molar-refractivity contribution in [2.45, 2.75) is 26.9 Å². The summed E-state index contributed by atoms with van der Waals surface area (Å²) < 4.78 is 16.2. The predicted molar refractivity (Wildman–Crippen MR) is 99.9 cm³/mol. The van der Waals surface area contributed by atoms with Crippen LogP contribution in [0.25, 0.3) is 6.08 Å². The van der Waals surface area contributed by atoms with Gasteiger partial charge in [-0.2, -0.15) is 0 Å². The van der Waals surface area contributed by atoms with Crippen LogP contribution in [0.4, 0.5) is 0 Å². The highest BCUT2D eigenvalue weighted by Crippen LogP contribution is 2.29. The van der Waals surface area contributed by atoms with Crippen molar-refractivity contribution in [3.8, 4) is 17.2 Å². The minimum atomic E-state index is -0.512. The minimum Gasteiger partial charge on any atom is -0.493 e. The molecule has 0 aliphatic heterocycles. The molecule has 2 aromatic carbocycles. The normalized spacial score (nSPS) is 10.8. The van der Waals surface area contributed by atoms with E-state index >= 15 is 0 Å². The van der Waals surface area contributed by atoms with Gasteiger partial charge >= 0.3 is 5.97 Å². The van der Waals surface area contributed by atoms with Gasteiger partial charge in [0.15, 0.2) is 17.3 Å². The molecule has 0 spiro atoms. The van der Waals surface area contributed by atoms with Crippen LogP contribution in [0.2, 0.25) is 0 Å². The molecule has 0 atom stereocenters. The first kappa shape index (κ1) is 19.2. The Balaban J connectivity index is 2.04. The smallest absolute Gasteiger partial charge is 0.336 e. The fourth-order valence-corrected chi connectivity index (χ4v) is 2.21. The molecule has 2 rings (SSSR count). The third kappa shape index (κ3) is 5.48. The summed E-state index contributed by atoms with van der Waals surface area (Å²) in [5, 5.41) is 0. The van der Waals surface area contributed by atoms with Gasteiger partial charge in [0.2, 0.25) is 0 Å². The second kappa shape index (κ2) is 8.85. The lowest BCUT2D eigenvalue weighted by atomic mass is 10.1. The Morgan fingerprint density at radius 3 is 2.27 bits per heavy atom. The monoisotopic (exact) mass is 354 g/mol. The molecule has 2 aromatic rings. The number of ketones is 1. The van der Waals surface area contributed by atoms with Gasteiger partial charge < -0.3 is 14.2 Å². The Morgan fingerprint density at radius 1 is 1.00 bits per heavy atom. The molecular weight excluding hydrogens is 332 g/mol. The lowest BCUT2D eigenvalue weighted by Gasteiger charge is -2.13. The number of ether oxygens (including phenoxy) is 3. The zero-order valence-corrected chi connectivity index (χ0v) is 15.3. The van der Waals surface area contributed by atoms with Crippen LogP contribution in [0.3, 0.4) is 0 Å². The molecule has 0 unspecified atom stereocenters. The summed E-state index contributed by atoms with van der Waals surface area (Å²) in [6.45, 7) is 5.36. The lowest BCUT2D eigenvalue weighted by molar-refractivity contribution is -0.128. The van der Waals surface area contributed by atoms with Crippen LogP contribution >= 0.6 is 0 Å². The van der Waals surface area contributed by atoms with Crippen molar-refractivity contribution in [3.05, 3.63) is 59.7 Å². The van der Waals surface area contributed by atoms with Crippen molar-refractivity contribution in [2.75, 3.05) is 7.11 Å². The van der Waals surface area contributed by atoms with Crippen LogP contribution in [-0.2, 0) is 4.79 Å². The molecule has 136 valence electrons. The van der Waals surface area contributed by atoms with E-state index in [0.29, 0.717) is 22.8 Å². The van der Waals surface area contributed by atoms with Gasteiger partial charge in [0.05, 0.1) is 13.2 Å². The Morgan fingerprint density at radius 2 is 1.69 bits per heavy atom. The minimum absolute atomic E-state index is 0.0367. The molecule has 0 saturated carbocycles. The van der Waals surface area contributed by atoms with Gasteiger partial charge in [-0.15, -0.1) is 0 Å². The average molecular weight is 354 g/mol. The number of hydrogen-bond acceptors (Lipinski definition) is 5. The molecule has 0 fully saturated rings. The molecule has 0 aliphatic carbocycles. The van der Waals surface area contributed by atoms with Crippen LogP contribution in [0, 0.1) is 0 Å².